The van der Waals surface area contributed by atoms with Crippen molar-refractivity contribution >= 4 is 11.0 Å². The first-order valence-electron chi connectivity index (χ1n) is 8.57. The molecule has 130 valence electrons. The first kappa shape index (κ1) is 15.4. The molecule has 0 spiro atoms. The van der Waals surface area contributed by atoms with Crippen LogP contribution in [0.1, 0.15) is 5.56 Å². The fourth-order valence-electron chi connectivity index (χ4n) is 3.33. The topological polar surface area (TPSA) is 73.0 Å². The molecule has 0 saturated heterocycles. The van der Waals surface area contributed by atoms with Gasteiger partial charge in [-0.05, 0) is 30.3 Å². The van der Waals surface area contributed by atoms with E-state index in [-0.39, 0.29) is 0 Å². The van der Waals surface area contributed by atoms with Crippen molar-refractivity contribution in [1.29, 1.82) is 5.26 Å². The monoisotopic (exact) mass is 354 g/mol. The number of benzene rings is 2. The first-order valence-corrected chi connectivity index (χ1v) is 8.57. The number of hydrogen-bond donors (Lipinski definition) is 0. The number of hydrogen-bond acceptors (Lipinski definition) is 5. The highest BCUT2D eigenvalue weighted by Gasteiger charge is 2.19. The molecule has 1 aliphatic heterocycles. The molecule has 5 rings (SSSR count). The molecule has 0 aliphatic carbocycles. The lowest BCUT2D eigenvalue weighted by molar-refractivity contribution is 0.171. The molecule has 0 amide bonds. The van der Waals surface area contributed by atoms with Crippen molar-refractivity contribution < 1.29 is 9.47 Å². The van der Waals surface area contributed by atoms with Gasteiger partial charge in [-0.25, -0.2) is 9.97 Å². The minimum atomic E-state index is 0.509. The van der Waals surface area contributed by atoms with E-state index in [0.717, 1.165) is 28.2 Å². The maximum absolute atomic E-state index is 9.56. The quantitative estimate of drug-likeness (QED) is 0.548. The molecule has 0 atom stereocenters. The lowest BCUT2D eigenvalue weighted by atomic mass is 10.1. The van der Waals surface area contributed by atoms with Gasteiger partial charge < -0.3 is 14.0 Å². The van der Waals surface area contributed by atoms with Gasteiger partial charge in [-0.1, -0.05) is 18.2 Å². The fourth-order valence-corrected chi connectivity index (χ4v) is 3.33. The van der Waals surface area contributed by atoms with Crippen molar-refractivity contribution in [1.82, 2.24) is 14.5 Å². The summed E-state index contributed by atoms with van der Waals surface area (Å²) in [6.45, 7) is 1.07. The Hall–Kier alpha value is -3.85. The van der Waals surface area contributed by atoms with Gasteiger partial charge in [-0.2, -0.15) is 5.26 Å². The largest absolute Gasteiger partial charge is 0.486 e. The summed E-state index contributed by atoms with van der Waals surface area (Å²) in [5, 5.41) is 9.56. The Balaban J connectivity index is 1.78. The summed E-state index contributed by atoms with van der Waals surface area (Å²) < 4.78 is 13.3. The average molecular weight is 354 g/mol. The molecule has 0 fully saturated rings. The van der Waals surface area contributed by atoms with Gasteiger partial charge >= 0.3 is 0 Å². The van der Waals surface area contributed by atoms with Crippen LogP contribution >= 0.6 is 0 Å². The van der Waals surface area contributed by atoms with E-state index >= 15 is 0 Å². The van der Waals surface area contributed by atoms with Gasteiger partial charge in [0, 0.05) is 17.4 Å². The van der Waals surface area contributed by atoms with E-state index in [4.69, 9.17) is 9.47 Å². The third kappa shape index (κ3) is 2.49. The Labute approximate surface area is 155 Å². The van der Waals surface area contributed by atoms with Crippen LogP contribution in [0, 0.1) is 11.3 Å². The molecular formula is C21H14N4O2. The summed E-state index contributed by atoms with van der Waals surface area (Å²) >= 11 is 0. The van der Waals surface area contributed by atoms with Crippen LogP contribution in [-0.2, 0) is 0 Å². The molecule has 0 N–H and O–H groups in total. The SMILES string of the molecule is N#Cc1cn(-c2ccccc2)c2c(-c3ccc4c(c3)OCCO4)ncnc12. The molecule has 0 saturated carbocycles. The second-order valence-electron chi connectivity index (χ2n) is 6.14. The number of nitriles is 1. The summed E-state index contributed by atoms with van der Waals surface area (Å²) in [6.07, 6.45) is 3.29. The number of ether oxygens (including phenoxy) is 2. The van der Waals surface area contributed by atoms with Crippen molar-refractivity contribution in [3.8, 4) is 34.5 Å². The van der Waals surface area contributed by atoms with Crippen LogP contribution in [0.3, 0.4) is 0 Å². The maximum atomic E-state index is 9.56. The number of fused-ring (bicyclic) bond motifs is 2. The number of nitrogens with zero attached hydrogens (tertiary/aromatic N) is 4. The zero-order valence-corrected chi connectivity index (χ0v) is 14.3. The zero-order chi connectivity index (χ0) is 18.2. The second-order valence-corrected chi connectivity index (χ2v) is 6.14. The Morgan fingerprint density at radius 1 is 0.963 bits per heavy atom. The Kier molecular flexibility index (Phi) is 3.51. The summed E-state index contributed by atoms with van der Waals surface area (Å²) in [6, 6.07) is 17.8. The van der Waals surface area contributed by atoms with Gasteiger partial charge in [0.15, 0.2) is 11.5 Å². The lowest BCUT2D eigenvalue weighted by Gasteiger charge is -2.19. The Morgan fingerprint density at radius 2 is 1.78 bits per heavy atom. The molecule has 0 bridgehead atoms. The van der Waals surface area contributed by atoms with Crippen LogP contribution in [0.5, 0.6) is 11.5 Å². The van der Waals surface area contributed by atoms with Crippen molar-refractivity contribution in [2.45, 2.75) is 0 Å². The molecule has 0 unspecified atom stereocenters. The predicted molar refractivity (Wildman–Crippen MR) is 100 cm³/mol. The van der Waals surface area contributed by atoms with Gasteiger partial charge in [0.25, 0.3) is 0 Å². The van der Waals surface area contributed by atoms with E-state index in [1.165, 1.54) is 6.33 Å². The van der Waals surface area contributed by atoms with Crippen molar-refractivity contribution in [2.24, 2.45) is 0 Å². The molecule has 2 aromatic heterocycles. The third-order valence-corrected chi connectivity index (χ3v) is 4.55. The highest BCUT2D eigenvalue weighted by atomic mass is 16.6. The van der Waals surface area contributed by atoms with Crippen LogP contribution in [-0.4, -0.2) is 27.7 Å². The highest BCUT2D eigenvalue weighted by Crippen LogP contribution is 2.37. The van der Waals surface area contributed by atoms with Crippen LogP contribution < -0.4 is 9.47 Å². The minimum absolute atomic E-state index is 0.509. The number of para-hydroxylation sites is 1. The summed E-state index contributed by atoms with van der Waals surface area (Å²) in [5.74, 6) is 1.43. The van der Waals surface area contributed by atoms with E-state index < -0.39 is 0 Å². The first-order chi connectivity index (χ1) is 13.3. The molecule has 6 heteroatoms. The number of aromatic nitrogens is 3. The van der Waals surface area contributed by atoms with E-state index in [1.807, 2.05) is 53.1 Å². The molecule has 1 aliphatic rings. The standard InChI is InChI=1S/C21H14N4O2/c22-11-15-12-25(16-4-2-1-3-5-16)21-19(23-13-24-20(15)21)14-6-7-17-18(10-14)27-9-8-26-17/h1-7,10,12-13H,8-9H2. The highest BCUT2D eigenvalue weighted by molar-refractivity contribution is 5.94. The van der Waals surface area contributed by atoms with Gasteiger partial charge in [0.1, 0.15) is 31.1 Å². The van der Waals surface area contributed by atoms with Gasteiger partial charge in [-0.3, -0.25) is 0 Å². The average Bonchev–Trinajstić information content (AvgIpc) is 3.13. The van der Waals surface area contributed by atoms with Crippen LogP contribution in [0.4, 0.5) is 0 Å². The van der Waals surface area contributed by atoms with E-state index in [2.05, 4.69) is 16.0 Å². The normalized spacial score (nSPS) is 12.7. The van der Waals surface area contributed by atoms with E-state index in [1.54, 1.807) is 6.20 Å². The maximum Gasteiger partial charge on any atom is 0.162 e. The summed E-state index contributed by atoms with van der Waals surface area (Å²) in [5.41, 5.74) is 4.49. The van der Waals surface area contributed by atoms with Crippen molar-refractivity contribution in [3.05, 3.63) is 66.6 Å². The summed E-state index contributed by atoms with van der Waals surface area (Å²) in [4.78, 5) is 8.88. The fraction of sp³-hybridized carbons (Fsp3) is 0.0952. The molecule has 6 nitrogen and oxygen atoms in total. The Bertz CT molecular complexity index is 1190. The predicted octanol–water partition coefficient (Wildman–Crippen LogP) is 3.73. The van der Waals surface area contributed by atoms with Crippen molar-refractivity contribution in [2.75, 3.05) is 13.2 Å². The van der Waals surface area contributed by atoms with Crippen LogP contribution in [0.15, 0.2) is 61.1 Å². The molecule has 0 radical (unpaired) electrons. The van der Waals surface area contributed by atoms with Crippen LogP contribution in [0.2, 0.25) is 0 Å². The summed E-state index contributed by atoms with van der Waals surface area (Å²) in [7, 11) is 0. The van der Waals surface area contributed by atoms with E-state index in [0.29, 0.717) is 30.0 Å². The molecule has 4 aromatic rings. The second kappa shape index (κ2) is 6.15. The lowest BCUT2D eigenvalue weighted by Crippen LogP contribution is -2.15. The third-order valence-electron chi connectivity index (χ3n) is 4.55. The minimum Gasteiger partial charge on any atom is -0.486 e. The van der Waals surface area contributed by atoms with Crippen molar-refractivity contribution in [3.63, 3.8) is 0 Å². The molecule has 2 aromatic carbocycles. The van der Waals surface area contributed by atoms with Crippen LogP contribution in [0.25, 0.3) is 28.0 Å². The zero-order valence-electron chi connectivity index (χ0n) is 14.3. The van der Waals surface area contributed by atoms with Gasteiger partial charge in [-0.15, -0.1) is 0 Å². The molecule has 27 heavy (non-hydrogen) atoms. The van der Waals surface area contributed by atoms with E-state index in [9.17, 15) is 5.26 Å². The smallest absolute Gasteiger partial charge is 0.162 e. The molecule has 3 heterocycles. The number of rotatable bonds is 2. The van der Waals surface area contributed by atoms with Gasteiger partial charge in [0.2, 0.25) is 0 Å². The Morgan fingerprint density at radius 3 is 2.59 bits per heavy atom. The molecular weight excluding hydrogens is 340 g/mol. The van der Waals surface area contributed by atoms with Gasteiger partial charge in [0.05, 0.1) is 16.8 Å².